The number of para-hydroxylation sites is 2. The SMILES string of the molecule is CCOc1ccccc1N1CCN(C(=O)CCc2nc(-c3ccco3)no2)CC1. The van der Waals surface area contributed by atoms with E-state index < -0.39 is 0 Å². The minimum absolute atomic E-state index is 0.0977. The van der Waals surface area contributed by atoms with E-state index in [4.69, 9.17) is 13.7 Å². The number of amides is 1. The van der Waals surface area contributed by atoms with Crippen molar-refractivity contribution in [3.63, 3.8) is 0 Å². The van der Waals surface area contributed by atoms with E-state index in [1.165, 1.54) is 0 Å². The van der Waals surface area contributed by atoms with Gasteiger partial charge < -0.3 is 23.5 Å². The van der Waals surface area contributed by atoms with Crippen molar-refractivity contribution in [1.82, 2.24) is 15.0 Å². The molecule has 4 rings (SSSR count). The number of rotatable bonds is 7. The quantitative estimate of drug-likeness (QED) is 0.607. The molecule has 0 unspecified atom stereocenters. The van der Waals surface area contributed by atoms with Crippen molar-refractivity contribution in [1.29, 1.82) is 0 Å². The second kappa shape index (κ2) is 8.81. The summed E-state index contributed by atoms with van der Waals surface area (Å²) in [6.45, 7) is 5.53. The molecule has 1 saturated heterocycles. The van der Waals surface area contributed by atoms with Crippen molar-refractivity contribution in [2.24, 2.45) is 0 Å². The fraction of sp³-hybridized carbons (Fsp3) is 0.381. The lowest BCUT2D eigenvalue weighted by Crippen LogP contribution is -2.49. The Balaban J connectivity index is 1.28. The Morgan fingerprint density at radius 2 is 1.97 bits per heavy atom. The third-order valence-corrected chi connectivity index (χ3v) is 4.90. The van der Waals surface area contributed by atoms with Gasteiger partial charge in [0.2, 0.25) is 17.6 Å². The minimum atomic E-state index is 0.0977. The maximum atomic E-state index is 12.6. The Morgan fingerprint density at radius 1 is 1.14 bits per heavy atom. The van der Waals surface area contributed by atoms with Crippen molar-refractivity contribution in [2.75, 3.05) is 37.7 Å². The minimum Gasteiger partial charge on any atom is -0.492 e. The topological polar surface area (TPSA) is 84.8 Å². The smallest absolute Gasteiger partial charge is 0.238 e. The molecule has 0 atom stereocenters. The first-order valence-electron chi connectivity index (χ1n) is 9.85. The lowest BCUT2D eigenvalue weighted by Gasteiger charge is -2.36. The summed E-state index contributed by atoms with van der Waals surface area (Å²) in [5.74, 6) is 2.38. The summed E-state index contributed by atoms with van der Waals surface area (Å²) in [7, 11) is 0. The zero-order chi connectivity index (χ0) is 20.1. The van der Waals surface area contributed by atoms with E-state index in [9.17, 15) is 4.79 Å². The molecular formula is C21H24N4O4. The second-order valence-corrected chi connectivity index (χ2v) is 6.76. The van der Waals surface area contributed by atoms with Gasteiger partial charge in [-0.25, -0.2) is 0 Å². The van der Waals surface area contributed by atoms with Gasteiger partial charge in [-0.3, -0.25) is 4.79 Å². The van der Waals surface area contributed by atoms with Crippen LogP contribution in [-0.2, 0) is 11.2 Å². The highest BCUT2D eigenvalue weighted by Crippen LogP contribution is 2.29. The molecule has 0 radical (unpaired) electrons. The highest BCUT2D eigenvalue weighted by molar-refractivity contribution is 5.76. The highest BCUT2D eigenvalue weighted by Gasteiger charge is 2.23. The van der Waals surface area contributed by atoms with Gasteiger partial charge in [-0.1, -0.05) is 17.3 Å². The van der Waals surface area contributed by atoms with Gasteiger partial charge in [-0.05, 0) is 31.2 Å². The summed E-state index contributed by atoms with van der Waals surface area (Å²) in [4.78, 5) is 21.0. The van der Waals surface area contributed by atoms with Crippen molar-refractivity contribution >= 4 is 11.6 Å². The van der Waals surface area contributed by atoms with Crippen molar-refractivity contribution in [3.05, 3.63) is 48.6 Å². The van der Waals surface area contributed by atoms with Crippen LogP contribution in [0.25, 0.3) is 11.6 Å². The van der Waals surface area contributed by atoms with Gasteiger partial charge in [-0.15, -0.1) is 0 Å². The lowest BCUT2D eigenvalue weighted by molar-refractivity contribution is -0.131. The Kier molecular flexibility index (Phi) is 5.79. The van der Waals surface area contributed by atoms with Gasteiger partial charge in [0, 0.05) is 39.0 Å². The number of hydrogen-bond acceptors (Lipinski definition) is 7. The Bertz CT molecular complexity index is 930. The number of carbonyl (C=O) groups is 1. The van der Waals surface area contributed by atoms with Crippen LogP contribution in [0.5, 0.6) is 5.75 Å². The fourth-order valence-corrected chi connectivity index (χ4v) is 3.43. The van der Waals surface area contributed by atoms with Crippen LogP contribution < -0.4 is 9.64 Å². The normalized spacial score (nSPS) is 14.2. The van der Waals surface area contributed by atoms with Crippen molar-refractivity contribution in [3.8, 4) is 17.3 Å². The molecule has 0 saturated carbocycles. The van der Waals surface area contributed by atoms with Crippen LogP contribution in [0.2, 0.25) is 0 Å². The van der Waals surface area contributed by atoms with Gasteiger partial charge in [0.05, 0.1) is 18.6 Å². The molecule has 1 aliphatic rings. The van der Waals surface area contributed by atoms with Gasteiger partial charge >= 0.3 is 0 Å². The third kappa shape index (κ3) is 4.42. The third-order valence-electron chi connectivity index (χ3n) is 4.90. The number of ether oxygens (including phenoxy) is 1. The molecule has 0 spiro atoms. The number of aromatic nitrogens is 2. The predicted octanol–water partition coefficient (Wildman–Crippen LogP) is 3.01. The molecule has 152 valence electrons. The van der Waals surface area contributed by atoms with E-state index in [2.05, 4.69) is 21.1 Å². The van der Waals surface area contributed by atoms with Gasteiger partial charge in [-0.2, -0.15) is 4.98 Å². The molecule has 8 heteroatoms. The molecule has 3 heterocycles. The second-order valence-electron chi connectivity index (χ2n) is 6.76. The molecule has 1 aromatic carbocycles. The van der Waals surface area contributed by atoms with E-state index in [0.717, 1.165) is 24.5 Å². The summed E-state index contributed by atoms with van der Waals surface area (Å²) in [6, 6.07) is 11.6. The first kappa shape index (κ1) is 19.0. The molecule has 1 fully saturated rings. The maximum Gasteiger partial charge on any atom is 0.238 e. The molecule has 3 aromatic rings. The van der Waals surface area contributed by atoms with Crippen molar-refractivity contribution < 1.29 is 18.5 Å². The number of hydrogen-bond donors (Lipinski definition) is 0. The molecular weight excluding hydrogens is 372 g/mol. The number of nitrogens with zero attached hydrogens (tertiary/aromatic N) is 4. The summed E-state index contributed by atoms with van der Waals surface area (Å²) in [5, 5.41) is 3.89. The first-order valence-corrected chi connectivity index (χ1v) is 9.85. The van der Waals surface area contributed by atoms with Gasteiger partial charge in [0.15, 0.2) is 5.76 Å². The van der Waals surface area contributed by atoms with Crippen LogP contribution in [0.15, 0.2) is 51.6 Å². The predicted molar refractivity (Wildman–Crippen MR) is 107 cm³/mol. The summed E-state index contributed by atoms with van der Waals surface area (Å²) in [6.07, 6.45) is 2.32. The zero-order valence-corrected chi connectivity index (χ0v) is 16.4. The molecule has 1 aliphatic heterocycles. The molecule has 0 N–H and O–H groups in total. The first-order chi connectivity index (χ1) is 14.2. The largest absolute Gasteiger partial charge is 0.492 e. The number of furan rings is 1. The molecule has 29 heavy (non-hydrogen) atoms. The number of aryl methyl sites for hydroxylation is 1. The van der Waals surface area contributed by atoms with E-state index in [-0.39, 0.29) is 5.91 Å². The Hall–Kier alpha value is -3.29. The van der Waals surface area contributed by atoms with Gasteiger partial charge in [0.1, 0.15) is 5.75 Å². The number of piperazine rings is 1. The number of anilines is 1. The molecule has 2 aromatic heterocycles. The average Bonchev–Trinajstić information content (AvgIpc) is 3.45. The monoisotopic (exact) mass is 396 g/mol. The Labute approximate surface area is 169 Å². The lowest BCUT2D eigenvalue weighted by atomic mass is 10.2. The highest BCUT2D eigenvalue weighted by atomic mass is 16.5. The van der Waals surface area contributed by atoms with Crippen LogP contribution in [0.4, 0.5) is 5.69 Å². The standard InChI is InChI=1S/C21H24N4O4/c1-2-27-17-7-4-3-6-16(17)24-11-13-25(14-12-24)20(26)10-9-19-22-21(23-29-19)18-8-5-15-28-18/h3-8,15H,2,9-14H2,1H3. The molecule has 0 aliphatic carbocycles. The van der Waals surface area contributed by atoms with Crippen molar-refractivity contribution in [2.45, 2.75) is 19.8 Å². The summed E-state index contributed by atoms with van der Waals surface area (Å²) in [5.41, 5.74) is 1.08. The average molecular weight is 396 g/mol. The molecule has 1 amide bonds. The zero-order valence-electron chi connectivity index (χ0n) is 16.4. The van der Waals surface area contributed by atoms with Crippen LogP contribution >= 0.6 is 0 Å². The van der Waals surface area contributed by atoms with Crippen LogP contribution in [-0.4, -0.2) is 53.7 Å². The maximum absolute atomic E-state index is 12.6. The van der Waals surface area contributed by atoms with E-state index in [0.29, 0.717) is 50.0 Å². The number of carbonyl (C=O) groups excluding carboxylic acids is 1. The van der Waals surface area contributed by atoms with E-state index >= 15 is 0 Å². The summed E-state index contributed by atoms with van der Waals surface area (Å²) < 4.78 is 16.2. The van der Waals surface area contributed by atoms with Gasteiger partial charge in [0.25, 0.3) is 0 Å². The molecule has 0 bridgehead atoms. The molecule has 8 nitrogen and oxygen atoms in total. The number of benzene rings is 1. The van der Waals surface area contributed by atoms with Crippen LogP contribution in [0.3, 0.4) is 0 Å². The fourth-order valence-electron chi connectivity index (χ4n) is 3.43. The Morgan fingerprint density at radius 3 is 2.72 bits per heavy atom. The van der Waals surface area contributed by atoms with E-state index in [1.807, 2.05) is 30.0 Å². The van der Waals surface area contributed by atoms with E-state index in [1.54, 1.807) is 18.4 Å². The summed E-state index contributed by atoms with van der Waals surface area (Å²) >= 11 is 0. The van der Waals surface area contributed by atoms with Crippen LogP contribution in [0.1, 0.15) is 19.2 Å². The van der Waals surface area contributed by atoms with Crippen LogP contribution in [0, 0.1) is 0 Å².